The van der Waals surface area contributed by atoms with Crippen molar-refractivity contribution in [2.45, 2.75) is 65.8 Å². The van der Waals surface area contributed by atoms with Crippen molar-refractivity contribution >= 4 is 35.8 Å². The topological polar surface area (TPSA) is 69.6 Å². The largest absolute Gasteiger partial charge is 0.357 e. The zero-order valence-corrected chi connectivity index (χ0v) is 20.7. The van der Waals surface area contributed by atoms with Gasteiger partial charge in [-0.2, -0.15) is 0 Å². The maximum atomic E-state index is 12.6. The maximum absolute atomic E-state index is 12.6. The summed E-state index contributed by atoms with van der Waals surface area (Å²) < 4.78 is 0. The third-order valence-electron chi connectivity index (χ3n) is 5.61. The molecule has 6 nitrogen and oxygen atoms in total. The molecule has 2 rings (SSSR count). The Morgan fingerprint density at radius 3 is 2.55 bits per heavy atom. The number of aromatic nitrogens is 1. The number of hydrogen-bond donors (Lipinski definition) is 2. The molecule has 1 fully saturated rings. The quantitative estimate of drug-likeness (QED) is 0.316. The molecule has 7 heteroatoms. The van der Waals surface area contributed by atoms with Gasteiger partial charge in [0, 0.05) is 50.5 Å². The van der Waals surface area contributed by atoms with Crippen LogP contribution in [-0.2, 0) is 11.2 Å². The van der Waals surface area contributed by atoms with E-state index in [0.717, 1.165) is 64.2 Å². The molecule has 1 aliphatic heterocycles. The lowest BCUT2D eigenvalue weighted by atomic mass is 9.98. The fraction of sp³-hybridized carbons (Fsp3) is 0.682. The molecule has 0 bridgehead atoms. The van der Waals surface area contributed by atoms with Crippen molar-refractivity contribution < 1.29 is 4.79 Å². The fourth-order valence-corrected chi connectivity index (χ4v) is 3.72. The summed E-state index contributed by atoms with van der Waals surface area (Å²) in [4.78, 5) is 23.5. The summed E-state index contributed by atoms with van der Waals surface area (Å²) in [5.74, 6) is 1.38. The van der Waals surface area contributed by atoms with Crippen LogP contribution >= 0.6 is 24.0 Å². The van der Waals surface area contributed by atoms with Crippen molar-refractivity contribution in [2.75, 3.05) is 26.2 Å². The van der Waals surface area contributed by atoms with Gasteiger partial charge < -0.3 is 15.5 Å². The Bertz CT molecular complexity index is 640. The molecule has 0 aromatic carbocycles. The molecular formula is C22H38IN5O. The van der Waals surface area contributed by atoms with E-state index in [1.54, 1.807) is 0 Å². The van der Waals surface area contributed by atoms with Crippen molar-refractivity contribution in [1.82, 2.24) is 20.5 Å². The fourth-order valence-electron chi connectivity index (χ4n) is 3.72. The minimum absolute atomic E-state index is 0. The molecular weight excluding hydrogens is 477 g/mol. The SMILES string of the molecule is CCNC(=NCCc1ccncc1C)NC1CCN(C(=O)C(CC)CC)CC1.I. The van der Waals surface area contributed by atoms with Gasteiger partial charge in [0.2, 0.25) is 5.91 Å². The molecule has 0 spiro atoms. The van der Waals surface area contributed by atoms with Crippen LogP contribution in [0.1, 0.15) is 57.6 Å². The lowest BCUT2D eigenvalue weighted by Crippen LogP contribution is -2.50. The molecule has 1 aromatic rings. The number of likely N-dealkylation sites (tertiary alicyclic amines) is 1. The molecule has 29 heavy (non-hydrogen) atoms. The van der Waals surface area contributed by atoms with E-state index in [4.69, 9.17) is 4.99 Å². The van der Waals surface area contributed by atoms with Crippen molar-refractivity contribution in [2.24, 2.45) is 10.9 Å². The van der Waals surface area contributed by atoms with Crippen molar-refractivity contribution in [3.8, 4) is 0 Å². The Kier molecular flexibility index (Phi) is 12.2. The molecule has 1 aromatic heterocycles. The van der Waals surface area contributed by atoms with Crippen molar-refractivity contribution in [3.63, 3.8) is 0 Å². The summed E-state index contributed by atoms with van der Waals surface area (Å²) >= 11 is 0. The van der Waals surface area contributed by atoms with E-state index in [1.807, 2.05) is 17.3 Å². The number of amides is 1. The average molecular weight is 515 g/mol. The van der Waals surface area contributed by atoms with Crippen LogP contribution in [0.3, 0.4) is 0 Å². The van der Waals surface area contributed by atoms with Gasteiger partial charge >= 0.3 is 0 Å². The number of carbonyl (C=O) groups is 1. The molecule has 0 unspecified atom stereocenters. The van der Waals surface area contributed by atoms with Gasteiger partial charge in [-0.05, 0) is 63.1 Å². The molecule has 164 valence electrons. The second-order valence-electron chi connectivity index (χ2n) is 7.57. The minimum atomic E-state index is 0. The van der Waals surface area contributed by atoms with Crippen LogP contribution in [-0.4, -0.2) is 54.0 Å². The first-order chi connectivity index (χ1) is 13.6. The Balaban J connectivity index is 0.00000420. The molecule has 1 amide bonds. The van der Waals surface area contributed by atoms with E-state index >= 15 is 0 Å². The van der Waals surface area contributed by atoms with E-state index < -0.39 is 0 Å². The molecule has 0 atom stereocenters. The summed E-state index contributed by atoms with van der Waals surface area (Å²) in [5, 5.41) is 6.91. The van der Waals surface area contributed by atoms with Gasteiger partial charge in [-0.1, -0.05) is 13.8 Å². The summed E-state index contributed by atoms with van der Waals surface area (Å²) in [7, 11) is 0. The number of nitrogens with one attached hydrogen (secondary N) is 2. The number of carbonyl (C=O) groups excluding carboxylic acids is 1. The Hall–Kier alpha value is -1.38. The predicted molar refractivity (Wildman–Crippen MR) is 131 cm³/mol. The molecule has 0 radical (unpaired) electrons. The van der Waals surface area contributed by atoms with Crippen LogP contribution in [0.5, 0.6) is 0 Å². The Morgan fingerprint density at radius 1 is 1.28 bits per heavy atom. The highest BCUT2D eigenvalue weighted by Gasteiger charge is 2.26. The predicted octanol–water partition coefficient (Wildman–Crippen LogP) is 3.53. The molecule has 0 saturated carbocycles. The molecule has 1 aliphatic rings. The first-order valence-electron chi connectivity index (χ1n) is 10.8. The number of nitrogens with zero attached hydrogens (tertiary/aromatic N) is 3. The average Bonchev–Trinajstić information content (AvgIpc) is 2.71. The van der Waals surface area contributed by atoms with Crippen LogP contribution < -0.4 is 10.6 Å². The number of hydrogen-bond acceptors (Lipinski definition) is 3. The first kappa shape index (κ1) is 25.7. The third-order valence-corrected chi connectivity index (χ3v) is 5.61. The Morgan fingerprint density at radius 2 is 1.97 bits per heavy atom. The summed E-state index contributed by atoms with van der Waals surface area (Å²) in [6.07, 6.45) is 8.46. The molecule has 2 N–H and O–H groups in total. The normalized spacial score (nSPS) is 15.2. The van der Waals surface area contributed by atoms with Gasteiger partial charge in [0.1, 0.15) is 0 Å². The van der Waals surface area contributed by atoms with Crippen LogP contribution in [0.2, 0.25) is 0 Å². The molecule has 1 saturated heterocycles. The van der Waals surface area contributed by atoms with Gasteiger partial charge in [0.05, 0.1) is 0 Å². The lowest BCUT2D eigenvalue weighted by molar-refractivity contribution is -0.136. The van der Waals surface area contributed by atoms with Crippen LogP contribution in [0.4, 0.5) is 0 Å². The van der Waals surface area contributed by atoms with E-state index in [1.165, 1.54) is 11.1 Å². The van der Waals surface area contributed by atoms with Crippen molar-refractivity contribution in [1.29, 1.82) is 0 Å². The van der Waals surface area contributed by atoms with E-state index in [0.29, 0.717) is 11.9 Å². The highest BCUT2D eigenvalue weighted by Crippen LogP contribution is 2.17. The number of halogens is 1. The molecule has 2 heterocycles. The number of piperidine rings is 1. The lowest BCUT2D eigenvalue weighted by Gasteiger charge is -2.34. The van der Waals surface area contributed by atoms with Gasteiger partial charge in [0.25, 0.3) is 0 Å². The number of guanidine groups is 1. The minimum Gasteiger partial charge on any atom is -0.357 e. The Labute approximate surface area is 193 Å². The highest BCUT2D eigenvalue weighted by molar-refractivity contribution is 14.0. The van der Waals surface area contributed by atoms with Gasteiger partial charge in [-0.15, -0.1) is 24.0 Å². The number of rotatable bonds is 8. The number of aryl methyl sites for hydroxylation is 1. The van der Waals surface area contributed by atoms with Gasteiger partial charge in [-0.25, -0.2) is 0 Å². The molecule has 0 aliphatic carbocycles. The third kappa shape index (κ3) is 8.10. The van der Waals surface area contributed by atoms with E-state index in [9.17, 15) is 4.79 Å². The van der Waals surface area contributed by atoms with Crippen LogP contribution in [0, 0.1) is 12.8 Å². The van der Waals surface area contributed by atoms with Gasteiger partial charge in [0.15, 0.2) is 5.96 Å². The van der Waals surface area contributed by atoms with Gasteiger partial charge in [-0.3, -0.25) is 14.8 Å². The smallest absolute Gasteiger partial charge is 0.225 e. The summed E-state index contributed by atoms with van der Waals surface area (Å²) in [5.41, 5.74) is 2.51. The first-order valence-corrected chi connectivity index (χ1v) is 10.8. The second kappa shape index (κ2) is 13.8. The van der Waals surface area contributed by atoms with Crippen LogP contribution in [0.25, 0.3) is 0 Å². The monoisotopic (exact) mass is 515 g/mol. The summed E-state index contributed by atoms with van der Waals surface area (Å²) in [6.45, 7) is 11.6. The number of pyridine rings is 1. The van der Waals surface area contributed by atoms with Crippen LogP contribution in [0.15, 0.2) is 23.5 Å². The second-order valence-corrected chi connectivity index (χ2v) is 7.57. The highest BCUT2D eigenvalue weighted by atomic mass is 127. The van der Waals surface area contributed by atoms with E-state index in [2.05, 4.69) is 49.4 Å². The summed E-state index contributed by atoms with van der Waals surface area (Å²) in [6, 6.07) is 2.43. The zero-order valence-electron chi connectivity index (χ0n) is 18.4. The standard InChI is InChI=1S/C22H37N5O.HI/c1-5-18(6-2)21(28)27-14-10-20(11-15-27)26-22(24-7-3)25-13-9-19-8-12-23-16-17(19)4;/h8,12,16,18,20H,5-7,9-11,13-15H2,1-4H3,(H2,24,25,26);1H. The number of aliphatic imine (C=N–C) groups is 1. The maximum Gasteiger partial charge on any atom is 0.225 e. The van der Waals surface area contributed by atoms with E-state index in [-0.39, 0.29) is 29.9 Å². The zero-order chi connectivity index (χ0) is 20.4. The van der Waals surface area contributed by atoms with Crippen molar-refractivity contribution in [3.05, 3.63) is 29.6 Å².